The molecule has 208 valence electrons. The molecule has 0 aliphatic carbocycles. The van der Waals surface area contributed by atoms with Gasteiger partial charge >= 0.3 is 5.97 Å². The van der Waals surface area contributed by atoms with E-state index in [1.807, 2.05) is 4.90 Å². The van der Waals surface area contributed by atoms with Crippen LogP contribution in [-0.4, -0.2) is 48.9 Å². The Morgan fingerprint density at radius 3 is 2.60 bits per heavy atom. The van der Waals surface area contributed by atoms with Gasteiger partial charge in [0.1, 0.15) is 12.3 Å². The number of nitrogens with zero attached hydrogens (tertiary/aromatic N) is 4. The quantitative estimate of drug-likeness (QED) is 0.172. The molecular weight excluding hydrogens is 556 g/mol. The average Bonchev–Trinajstić information content (AvgIpc) is 3.57. The van der Waals surface area contributed by atoms with Gasteiger partial charge in [-0.05, 0) is 55.2 Å². The normalized spacial score (nSPS) is 17.1. The van der Waals surface area contributed by atoms with Crippen molar-refractivity contribution in [2.75, 3.05) is 38.3 Å². The highest BCUT2D eigenvalue weighted by Crippen LogP contribution is 2.33. The Morgan fingerprint density at radius 2 is 1.93 bits per heavy atom. The van der Waals surface area contributed by atoms with Crippen molar-refractivity contribution < 1.29 is 19.2 Å². The molecule has 2 aromatic carbocycles. The molecular formula is C28H27ClN4O6S. The van der Waals surface area contributed by atoms with Crippen molar-refractivity contribution in [3.63, 3.8) is 0 Å². The second-order valence-corrected chi connectivity index (χ2v) is 10.9. The fraction of sp³-hybridized carbons (Fsp3) is 0.321. The number of carbonyl (C=O) groups is 1. The van der Waals surface area contributed by atoms with E-state index in [1.54, 1.807) is 49.4 Å². The third-order valence-corrected chi connectivity index (χ3v) is 8.12. The molecule has 5 rings (SSSR count). The second-order valence-electron chi connectivity index (χ2n) is 9.46. The Balaban J connectivity index is 1.61. The van der Waals surface area contributed by atoms with Gasteiger partial charge in [0.2, 0.25) is 0 Å². The van der Waals surface area contributed by atoms with Gasteiger partial charge in [-0.1, -0.05) is 41.1 Å². The van der Waals surface area contributed by atoms with Crippen molar-refractivity contribution in [3.05, 3.63) is 99.7 Å². The molecule has 2 aliphatic rings. The molecule has 0 bridgehead atoms. The summed E-state index contributed by atoms with van der Waals surface area (Å²) in [5, 5.41) is 12.4. The first-order chi connectivity index (χ1) is 19.3. The standard InChI is InChI=1S/C28H27ClN4O6S/c1-17-24(27(35)39-14-13-38-2)25(19-6-8-20(29)9-7-19)32-26(34)23(40-28(32)30-17)16-18-5-10-21(22(15-18)33(36)37)31-11-3-4-12-31/h5-10,15-16,25H,3-4,11-14H2,1-2H3. The van der Waals surface area contributed by atoms with Crippen molar-refractivity contribution >= 4 is 46.4 Å². The number of hydrogen-bond acceptors (Lipinski definition) is 9. The van der Waals surface area contributed by atoms with Crippen LogP contribution in [0.15, 0.2) is 63.5 Å². The number of carbonyl (C=O) groups excluding carboxylic acids is 1. The van der Waals surface area contributed by atoms with Crippen LogP contribution in [0.5, 0.6) is 0 Å². The zero-order chi connectivity index (χ0) is 28.4. The largest absolute Gasteiger partial charge is 0.460 e. The van der Waals surface area contributed by atoms with E-state index in [2.05, 4.69) is 4.99 Å². The van der Waals surface area contributed by atoms with Crippen LogP contribution in [0.1, 0.15) is 36.9 Å². The van der Waals surface area contributed by atoms with Gasteiger partial charge < -0.3 is 14.4 Å². The van der Waals surface area contributed by atoms with Crippen LogP contribution in [0.4, 0.5) is 11.4 Å². The van der Waals surface area contributed by atoms with Crippen LogP contribution in [-0.2, 0) is 14.3 Å². The number of methoxy groups -OCH3 is 1. The fourth-order valence-electron chi connectivity index (χ4n) is 4.99. The Labute approximate surface area is 238 Å². The summed E-state index contributed by atoms with van der Waals surface area (Å²) in [6.07, 6.45) is 3.62. The van der Waals surface area contributed by atoms with E-state index in [0.29, 0.717) is 36.9 Å². The highest BCUT2D eigenvalue weighted by molar-refractivity contribution is 7.07. The van der Waals surface area contributed by atoms with Crippen LogP contribution in [0.2, 0.25) is 5.02 Å². The van der Waals surface area contributed by atoms with E-state index in [0.717, 1.165) is 37.3 Å². The van der Waals surface area contributed by atoms with E-state index in [-0.39, 0.29) is 30.0 Å². The van der Waals surface area contributed by atoms with Crippen molar-refractivity contribution in [2.24, 2.45) is 4.99 Å². The number of thiazole rings is 1. The zero-order valence-electron chi connectivity index (χ0n) is 22.0. The summed E-state index contributed by atoms with van der Waals surface area (Å²) in [6, 6.07) is 11.1. The molecule has 0 spiro atoms. The number of nitro groups is 1. The summed E-state index contributed by atoms with van der Waals surface area (Å²) >= 11 is 7.27. The number of hydrogen-bond donors (Lipinski definition) is 0. The van der Waals surface area contributed by atoms with Crippen LogP contribution in [0.25, 0.3) is 6.08 Å². The molecule has 3 heterocycles. The van der Waals surface area contributed by atoms with Gasteiger partial charge in [0, 0.05) is 31.3 Å². The molecule has 40 heavy (non-hydrogen) atoms. The summed E-state index contributed by atoms with van der Waals surface area (Å²) in [4.78, 5) is 45.5. The van der Waals surface area contributed by atoms with E-state index in [4.69, 9.17) is 21.1 Å². The molecule has 0 amide bonds. The number of rotatable bonds is 8. The SMILES string of the molecule is COCCOC(=O)C1=C(C)N=c2sc(=Cc3ccc(N4CCCC4)c([N+](=O)[O-])c3)c(=O)n2C1c1ccc(Cl)cc1. The predicted molar refractivity (Wildman–Crippen MR) is 153 cm³/mol. The average molecular weight is 583 g/mol. The zero-order valence-corrected chi connectivity index (χ0v) is 23.5. The molecule has 0 saturated carbocycles. The first kappa shape index (κ1) is 27.8. The topological polar surface area (TPSA) is 116 Å². The van der Waals surface area contributed by atoms with Gasteiger partial charge in [0.25, 0.3) is 11.2 Å². The van der Waals surface area contributed by atoms with Crippen LogP contribution in [0.3, 0.4) is 0 Å². The van der Waals surface area contributed by atoms with Crippen LogP contribution in [0, 0.1) is 10.1 Å². The summed E-state index contributed by atoms with van der Waals surface area (Å²) in [7, 11) is 1.51. The lowest BCUT2D eigenvalue weighted by Gasteiger charge is -2.24. The van der Waals surface area contributed by atoms with Gasteiger partial charge in [0.05, 0.1) is 33.4 Å². The first-order valence-corrected chi connectivity index (χ1v) is 14.0. The minimum absolute atomic E-state index is 0.000554. The number of ether oxygens (including phenoxy) is 2. The number of anilines is 1. The van der Waals surface area contributed by atoms with Crippen LogP contribution >= 0.6 is 22.9 Å². The molecule has 1 aromatic heterocycles. The third kappa shape index (κ3) is 5.45. The maximum Gasteiger partial charge on any atom is 0.338 e. The number of benzene rings is 2. The molecule has 1 atom stereocenters. The lowest BCUT2D eigenvalue weighted by atomic mass is 9.96. The first-order valence-electron chi connectivity index (χ1n) is 12.8. The van der Waals surface area contributed by atoms with Gasteiger partial charge in [-0.15, -0.1) is 0 Å². The van der Waals surface area contributed by atoms with Gasteiger partial charge in [-0.25, -0.2) is 9.79 Å². The minimum atomic E-state index is -0.794. The minimum Gasteiger partial charge on any atom is -0.460 e. The predicted octanol–water partition coefficient (Wildman–Crippen LogP) is 3.59. The smallest absolute Gasteiger partial charge is 0.338 e. The Morgan fingerprint density at radius 1 is 1.20 bits per heavy atom. The number of fused-ring (bicyclic) bond motifs is 1. The molecule has 0 radical (unpaired) electrons. The molecule has 2 aliphatic heterocycles. The van der Waals surface area contributed by atoms with Crippen molar-refractivity contribution in [3.8, 4) is 0 Å². The van der Waals surface area contributed by atoms with E-state index in [1.165, 1.54) is 17.7 Å². The maximum atomic E-state index is 13.8. The molecule has 3 aromatic rings. The lowest BCUT2D eigenvalue weighted by Crippen LogP contribution is -2.40. The number of aromatic nitrogens is 1. The summed E-state index contributed by atoms with van der Waals surface area (Å²) in [5.74, 6) is -0.597. The molecule has 1 fully saturated rings. The summed E-state index contributed by atoms with van der Waals surface area (Å²) < 4.78 is 12.2. The van der Waals surface area contributed by atoms with E-state index >= 15 is 0 Å². The Kier molecular flexibility index (Phi) is 8.15. The van der Waals surface area contributed by atoms with E-state index in [9.17, 15) is 19.7 Å². The molecule has 0 N–H and O–H groups in total. The van der Waals surface area contributed by atoms with Gasteiger partial charge in [0.15, 0.2) is 4.80 Å². The monoisotopic (exact) mass is 582 g/mol. The van der Waals surface area contributed by atoms with Gasteiger partial charge in [-0.2, -0.15) is 0 Å². The van der Waals surface area contributed by atoms with Crippen molar-refractivity contribution in [1.29, 1.82) is 0 Å². The number of nitro benzene ring substituents is 1. The Hall–Kier alpha value is -3.80. The molecule has 10 nitrogen and oxygen atoms in total. The fourth-order valence-corrected chi connectivity index (χ4v) is 6.16. The number of halogens is 1. The van der Waals surface area contributed by atoms with Crippen LogP contribution < -0.4 is 19.8 Å². The second kappa shape index (κ2) is 11.7. The maximum absolute atomic E-state index is 13.8. The van der Waals surface area contributed by atoms with Crippen molar-refractivity contribution in [2.45, 2.75) is 25.8 Å². The number of allylic oxidation sites excluding steroid dienone is 1. The number of esters is 1. The van der Waals surface area contributed by atoms with Gasteiger partial charge in [-0.3, -0.25) is 19.5 Å². The lowest BCUT2D eigenvalue weighted by molar-refractivity contribution is -0.384. The third-order valence-electron chi connectivity index (χ3n) is 6.89. The highest BCUT2D eigenvalue weighted by atomic mass is 35.5. The summed E-state index contributed by atoms with van der Waals surface area (Å²) in [6.45, 7) is 3.54. The molecule has 12 heteroatoms. The molecule has 1 saturated heterocycles. The van der Waals surface area contributed by atoms with E-state index < -0.39 is 16.9 Å². The molecule has 1 unspecified atom stereocenters. The highest BCUT2D eigenvalue weighted by Gasteiger charge is 2.33. The Bertz CT molecular complexity index is 1670. The van der Waals surface area contributed by atoms with Crippen molar-refractivity contribution in [1.82, 2.24) is 4.57 Å². The summed E-state index contributed by atoms with van der Waals surface area (Å²) in [5.41, 5.74) is 2.07.